The minimum atomic E-state index is 0.564. The number of benzene rings is 7. The average Bonchev–Trinajstić information content (AvgIpc) is 3.69. The van der Waals surface area contributed by atoms with E-state index in [4.69, 9.17) is 14.4 Å². The second-order valence-electron chi connectivity index (χ2n) is 12.3. The fraction of sp³-hybridized carbons (Fsp3) is 0. The van der Waals surface area contributed by atoms with E-state index in [-0.39, 0.29) is 0 Å². The van der Waals surface area contributed by atoms with Gasteiger partial charge in [-0.15, -0.1) is 0 Å². The first-order chi connectivity index (χ1) is 23.8. The summed E-state index contributed by atoms with van der Waals surface area (Å²) in [5.74, 6) is 0.574. The van der Waals surface area contributed by atoms with Crippen LogP contribution in [0.5, 0.6) is 0 Å². The zero-order valence-electron chi connectivity index (χ0n) is 25.8. The highest BCUT2D eigenvalue weighted by Gasteiger charge is 2.22. The predicted molar refractivity (Wildman–Crippen MR) is 197 cm³/mol. The highest BCUT2D eigenvalue weighted by molar-refractivity contribution is 6.14. The van der Waals surface area contributed by atoms with Crippen LogP contribution in [0.3, 0.4) is 0 Å². The smallest absolute Gasteiger partial charge is 0.238 e. The van der Waals surface area contributed by atoms with Crippen LogP contribution >= 0.6 is 0 Å². The Balaban J connectivity index is 1.32. The molecule has 0 aliphatic rings. The summed E-state index contributed by atoms with van der Waals surface area (Å²) in [5, 5.41) is 6.59. The Hall–Kier alpha value is -6.52. The van der Waals surface area contributed by atoms with Crippen LogP contribution in [0, 0.1) is 0 Å². The highest BCUT2D eigenvalue weighted by atomic mass is 16.3. The molecule has 0 aliphatic heterocycles. The molecule has 7 aromatic carbocycles. The third-order valence-corrected chi connectivity index (χ3v) is 9.39. The summed E-state index contributed by atoms with van der Waals surface area (Å²) in [4.78, 5) is 10.6. The van der Waals surface area contributed by atoms with Crippen LogP contribution in [0.25, 0.3) is 94.1 Å². The summed E-state index contributed by atoms with van der Waals surface area (Å²) < 4.78 is 8.70. The van der Waals surface area contributed by atoms with E-state index in [1.165, 1.54) is 10.8 Å². The molecule has 0 saturated heterocycles. The highest BCUT2D eigenvalue weighted by Crippen LogP contribution is 2.40. The Morgan fingerprint density at radius 2 is 1.00 bits per heavy atom. The SMILES string of the molecule is c1ccc(-c2cc(-c3ccccc3)cc(-c3nc(-n4c5ccccc5c5cc6ccccc6cc54)nc4oc5ccccc5c34)c2)cc1. The monoisotopic (exact) mass is 613 g/mol. The molecule has 0 bridgehead atoms. The standard InChI is InChI=1S/C44H27N3O/c1-3-13-28(14-4-1)32-23-33(29-15-5-2-6-16-29)25-34(24-32)42-41-36-20-10-12-22-40(36)48-43(41)46-44(45-42)47-38-21-11-9-19-35(38)37-26-30-17-7-8-18-31(30)27-39(37)47/h1-27H. The van der Waals surface area contributed by atoms with Crippen molar-refractivity contribution in [1.82, 2.24) is 14.5 Å². The van der Waals surface area contributed by atoms with E-state index in [0.29, 0.717) is 11.7 Å². The fourth-order valence-corrected chi connectivity index (χ4v) is 7.15. The van der Waals surface area contributed by atoms with Crippen LogP contribution in [-0.2, 0) is 0 Å². The summed E-state index contributed by atoms with van der Waals surface area (Å²) in [5.41, 5.74) is 9.83. The van der Waals surface area contributed by atoms with Gasteiger partial charge in [0.05, 0.1) is 22.1 Å². The zero-order valence-corrected chi connectivity index (χ0v) is 25.8. The normalized spacial score (nSPS) is 11.8. The minimum absolute atomic E-state index is 0.564. The Bertz CT molecular complexity index is 2770. The van der Waals surface area contributed by atoms with E-state index in [0.717, 1.165) is 71.7 Å². The molecule has 10 rings (SSSR count). The first-order valence-corrected chi connectivity index (χ1v) is 16.2. The van der Waals surface area contributed by atoms with Gasteiger partial charge >= 0.3 is 0 Å². The molecule has 0 unspecified atom stereocenters. The van der Waals surface area contributed by atoms with Crippen LogP contribution in [0.15, 0.2) is 168 Å². The molecular formula is C44H27N3O. The fourth-order valence-electron chi connectivity index (χ4n) is 7.15. The van der Waals surface area contributed by atoms with Crippen molar-refractivity contribution in [2.24, 2.45) is 0 Å². The van der Waals surface area contributed by atoms with E-state index < -0.39 is 0 Å². The molecule has 0 amide bonds. The van der Waals surface area contributed by atoms with Gasteiger partial charge < -0.3 is 4.42 Å². The molecule has 0 aliphatic carbocycles. The molecule has 4 nitrogen and oxygen atoms in total. The molecule has 48 heavy (non-hydrogen) atoms. The van der Waals surface area contributed by atoms with E-state index in [9.17, 15) is 0 Å². The van der Waals surface area contributed by atoms with Crippen molar-refractivity contribution in [2.45, 2.75) is 0 Å². The lowest BCUT2D eigenvalue weighted by Gasteiger charge is -2.13. The second-order valence-corrected chi connectivity index (χ2v) is 12.3. The summed E-state index contributed by atoms with van der Waals surface area (Å²) in [6, 6.07) is 57.5. The number of nitrogens with zero attached hydrogens (tertiary/aromatic N) is 3. The number of rotatable bonds is 4. The maximum atomic E-state index is 6.51. The molecule has 10 aromatic rings. The molecule has 0 spiro atoms. The lowest BCUT2D eigenvalue weighted by atomic mass is 9.94. The maximum Gasteiger partial charge on any atom is 0.238 e. The van der Waals surface area contributed by atoms with Gasteiger partial charge in [0.2, 0.25) is 11.7 Å². The van der Waals surface area contributed by atoms with E-state index in [1.807, 2.05) is 18.2 Å². The lowest BCUT2D eigenvalue weighted by Crippen LogP contribution is -2.03. The van der Waals surface area contributed by atoms with Gasteiger partial charge in [0.1, 0.15) is 5.58 Å². The van der Waals surface area contributed by atoms with E-state index >= 15 is 0 Å². The largest absolute Gasteiger partial charge is 0.437 e. The number of furan rings is 1. The van der Waals surface area contributed by atoms with Crippen molar-refractivity contribution < 1.29 is 4.42 Å². The molecule has 0 radical (unpaired) electrons. The zero-order chi connectivity index (χ0) is 31.6. The van der Waals surface area contributed by atoms with Crippen LogP contribution in [0.1, 0.15) is 0 Å². The van der Waals surface area contributed by atoms with E-state index in [1.54, 1.807) is 0 Å². The van der Waals surface area contributed by atoms with E-state index in [2.05, 4.69) is 150 Å². The van der Waals surface area contributed by atoms with Gasteiger partial charge in [0, 0.05) is 21.7 Å². The lowest BCUT2D eigenvalue weighted by molar-refractivity contribution is 0.651. The van der Waals surface area contributed by atoms with Gasteiger partial charge in [-0.3, -0.25) is 4.57 Å². The quantitative estimate of drug-likeness (QED) is 0.198. The Labute approximate surface area is 276 Å². The summed E-state index contributed by atoms with van der Waals surface area (Å²) in [6.45, 7) is 0. The van der Waals surface area contributed by atoms with Gasteiger partial charge in [-0.25, -0.2) is 4.98 Å². The summed E-state index contributed by atoms with van der Waals surface area (Å²) in [7, 11) is 0. The molecule has 3 heterocycles. The number of hydrogen-bond donors (Lipinski definition) is 0. The second kappa shape index (κ2) is 10.5. The number of para-hydroxylation sites is 2. The van der Waals surface area contributed by atoms with Crippen molar-refractivity contribution >= 4 is 54.6 Å². The topological polar surface area (TPSA) is 43.9 Å². The van der Waals surface area contributed by atoms with Crippen LogP contribution in [-0.4, -0.2) is 14.5 Å². The predicted octanol–water partition coefficient (Wildman–Crippen LogP) is 11.6. The van der Waals surface area contributed by atoms with Crippen molar-refractivity contribution in [3.63, 3.8) is 0 Å². The number of fused-ring (bicyclic) bond motifs is 7. The van der Waals surface area contributed by atoms with Crippen molar-refractivity contribution in [3.8, 4) is 39.5 Å². The Morgan fingerprint density at radius 1 is 0.417 bits per heavy atom. The first kappa shape index (κ1) is 26.7. The summed E-state index contributed by atoms with van der Waals surface area (Å²) >= 11 is 0. The third kappa shape index (κ3) is 4.16. The minimum Gasteiger partial charge on any atom is -0.437 e. The molecule has 3 aromatic heterocycles. The number of aromatic nitrogens is 3. The summed E-state index contributed by atoms with van der Waals surface area (Å²) in [6.07, 6.45) is 0. The molecule has 0 N–H and O–H groups in total. The van der Waals surface area contributed by atoms with Gasteiger partial charge in [0.25, 0.3) is 0 Å². The average molecular weight is 614 g/mol. The Morgan fingerprint density at radius 3 is 1.73 bits per heavy atom. The molecule has 224 valence electrons. The Kier molecular flexibility index (Phi) is 5.84. The van der Waals surface area contributed by atoms with Crippen molar-refractivity contribution in [1.29, 1.82) is 0 Å². The van der Waals surface area contributed by atoms with Gasteiger partial charge in [-0.2, -0.15) is 4.98 Å². The van der Waals surface area contributed by atoms with Gasteiger partial charge in [-0.1, -0.05) is 121 Å². The molecule has 0 fully saturated rings. The van der Waals surface area contributed by atoms with Gasteiger partial charge in [0.15, 0.2) is 0 Å². The first-order valence-electron chi connectivity index (χ1n) is 16.2. The molecule has 0 atom stereocenters. The van der Waals surface area contributed by atoms with Gasteiger partial charge in [-0.05, 0) is 75.5 Å². The third-order valence-electron chi connectivity index (χ3n) is 9.39. The molecule has 4 heteroatoms. The van der Waals surface area contributed by atoms with Crippen LogP contribution in [0.2, 0.25) is 0 Å². The van der Waals surface area contributed by atoms with Crippen molar-refractivity contribution in [3.05, 3.63) is 164 Å². The van der Waals surface area contributed by atoms with Crippen LogP contribution < -0.4 is 0 Å². The molecule has 0 saturated carbocycles. The molecular weight excluding hydrogens is 587 g/mol. The maximum absolute atomic E-state index is 6.51. The van der Waals surface area contributed by atoms with Crippen LogP contribution in [0.4, 0.5) is 0 Å². The number of hydrogen-bond acceptors (Lipinski definition) is 3. The van der Waals surface area contributed by atoms with Crippen molar-refractivity contribution in [2.75, 3.05) is 0 Å².